The van der Waals surface area contributed by atoms with Crippen LogP contribution in [0.1, 0.15) is 50.7 Å². The van der Waals surface area contributed by atoms with Gasteiger partial charge in [-0.1, -0.05) is 18.2 Å². The Morgan fingerprint density at radius 3 is 2.63 bits per heavy atom. The lowest BCUT2D eigenvalue weighted by Crippen LogP contribution is -2.35. The highest BCUT2D eigenvalue weighted by Crippen LogP contribution is 2.38. The van der Waals surface area contributed by atoms with Gasteiger partial charge in [-0.05, 0) is 43.2 Å². The number of ether oxygens (including phenoxy) is 2. The molecule has 1 aliphatic rings. The Morgan fingerprint density at radius 1 is 1.13 bits per heavy atom. The number of hydrogen-bond donors (Lipinski definition) is 0. The molecule has 0 spiro atoms. The summed E-state index contributed by atoms with van der Waals surface area (Å²) in [6.45, 7) is 4.14. The van der Waals surface area contributed by atoms with E-state index < -0.39 is 6.04 Å². The van der Waals surface area contributed by atoms with Crippen molar-refractivity contribution in [3.63, 3.8) is 0 Å². The molecule has 0 saturated carbocycles. The largest absolute Gasteiger partial charge is 0.493 e. The minimum Gasteiger partial charge on any atom is -0.493 e. The molecule has 0 fully saturated rings. The smallest absolute Gasteiger partial charge is 0.262 e. The predicted molar refractivity (Wildman–Crippen MR) is 107 cm³/mol. The highest BCUT2D eigenvalue weighted by Gasteiger charge is 2.42. The fraction of sp³-hybridized carbons (Fsp3) is 0.273. The maximum absolute atomic E-state index is 13.3. The molecule has 0 N–H and O–H groups in total. The molecule has 1 atom stereocenters. The van der Waals surface area contributed by atoms with Gasteiger partial charge < -0.3 is 13.9 Å². The van der Waals surface area contributed by atoms with Gasteiger partial charge in [0.2, 0.25) is 12.3 Å². The number of aromatic nitrogens is 2. The van der Waals surface area contributed by atoms with E-state index >= 15 is 0 Å². The van der Waals surface area contributed by atoms with Crippen LogP contribution >= 0.6 is 0 Å². The molecule has 8 heteroatoms. The summed E-state index contributed by atoms with van der Waals surface area (Å²) in [6, 6.07) is 9.95. The van der Waals surface area contributed by atoms with E-state index in [1.807, 2.05) is 19.9 Å². The monoisotopic (exact) mass is 407 g/mol. The Morgan fingerprint density at radius 2 is 1.97 bits per heavy atom. The van der Waals surface area contributed by atoms with Crippen LogP contribution < -0.4 is 9.47 Å². The van der Waals surface area contributed by atoms with Crippen LogP contribution in [0.5, 0.6) is 11.5 Å². The molecule has 2 amide bonds. The number of carbonyl (C=O) groups excluding carboxylic acids is 2. The molecule has 1 unspecified atom stereocenters. The molecule has 0 saturated heterocycles. The Labute approximate surface area is 173 Å². The first-order chi connectivity index (χ1) is 14.5. The van der Waals surface area contributed by atoms with E-state index in [0.717, 1.165) is 5.56 Å². The van der Waals surface area contributed by atoms with E-state index in [-0.39, 0.29) is 18.2 Å². The summed E-state index contributed by atoms with van der Waals surface area (Å²) in [6.07, 6.45) is 1.40. The van der Waals surface area contributed by atoms with Gasteiger partial charge in [-0.15, -0.1) is 10.2 Å². The summed E-state index contributed by atoms with van der Waals surface area (Å²) in [5.74, 6) is 0.724. The van der Waals surface area contributed by atoms with Gasteiger partial charge in [0.25, 0.3) is 11.8 Å². The SMILES string of the molecule is CCOc1cc(C(Cc2nnco2)N2C(=O)c3cccc(C)c3C2=O)ccc1OC. The maximum Gasteiger partial charge on any atom is 0.262 e. The molecular weight excluding hydrogens is 386 g/mol. The lowest BCUT2D eigenvalue weighted by Gasteiger charge is -2.26. The number of carbonyl (C=O) groups is 2. The van der Waals surface area contributed by atoms with Gasteiger partial charge in [0, 0.05) is 0 Å². The lowest BCUT2D eigenvalue weighted by molar-refractivity contribution is 0.0576. The van der Waals surface area contributed by atoms with Crippen molar-refractivity contribution in [3.05, 3.63) is 70.9 Å². The molecule has 2 aromatic carbocycles. The van der Waals surface area contributed by atoms with Gasteiger partial charge in [0.05, 0.1) is 37.3 Å². The van der Waals surface area contributed by atoms with E-state index in [2.05, 4.69) is 10.2 Å². The van der Waals surface area contributed by atoms with Crippen LogP contribution in [-0.2, 0) is 6.42 Å². The van der Waals surface area contributed by atoms with Crippen LogP contribution in [0.3, 0.4) is 0 Å². The van der Waals surface area contributed by atoms with Crippen molar-refractivity contribution < 1.29 is 23.5 Å². The summed E-state index contributed by atoms with van der Waals surface area (Å²) < 4.78 is 16.4. The molecule has 2 heterocycles. The number of nitrogens with zero attached hydrogens (tertiary/aromatic N) is 3. The van der Waals surface area contributed by atoms with Crippen LogP contribution in [0, 0.1) is 6.92 Å². The van der Waals surface area contributed by atoms with Crippen LogP contribution in [0.4, 0.5) is 0 Å². The first kappa shape index (κ1) is 19.6. The molecule has 30 heavy (non-hydrogen) atoms. The molecule has 154 valence electrons. The first-order valence-corrected chi connectivity index (χ1v) is 9.58. The Hall–Kier alpha value is -3.68. The minimum absolute atomic E-state index is 0.183. The van der Waals surface area contributed by atoms with Crippen molar-refractivity contribution in [1.29, 1.82) is 0 Å². The average molecular weight is 407 g/mol. The molecule has 3 aromatic rings. The number of fused-ring (bicyclic) bond motifs is 1. The van der Waals surface area contributed by atoms with E-state index in [0.29, 0.717) is 40.7 Å². The summed E-state index contributed by atoms with van der Waals surface area (Å²) in [5.41, 5.74) is 2.28. The van der Waals surface area contributed by atoms with Gasteiger partial charge >= 0.3 is 0 Å². The summed E-state index contributed by atoms with van der Waals surface area (Å²) >= 11 is 0. The second-order valence-corrected chi connectivity index (χ2v) is 6.87. The van der Waals surface area contributed by atoms with Crippen molar-refractivity contribution in [2.24, 2.45) is 0 Å². The molecule has 8 nitrogen and oxygen atoms in total. The summed E-state index contributed by atoms with van der Waals surface area (Å²) in [7, 11) is 1.56. The summed E-state index contributed by atoms with van der Waals surface area (Å²) in [4.78, 5) is 27.8. The molecule has 0 bridgehead atoms. The standard InChI is InChI=1S/C22H21N3O5/c1-4-29-18-10-14(8-9-17(18)28-3)16(11-19-24-23-12-30-19)25-21(26)15-7-5-6-13(2)20(15)22(25)27/h5-10,12,16H,4,11H2,1-3H3. The summed E-state index contributed by atoms with van der Waals surface area (Å²) in [5, 5.41) is 7.65. The molecule has 1 aliphatic heterocycles. The molecule has 0 radical (unpaired) electrons. The third-order valence-corrected chi connectivity index (χ3v) is 5.11. The van der Waals surface area contributed by atoms with Crippen molar-refractivity contribution in [2.45, 2.75) is 26.3 Å². The van der Waals surface area contributed by atoms with Crippen molar-refractivity contribution in [1.82, 2.24) is 15.1 Å². The number of aryl methyl sites for hydroxylation is 1. The molecule has 1 aromatic heterocycles. The molecular formula is C22H21N3O5. The Kier molecular flexibility index (Phi) is 5.22. The van der Waals surface area contributed by atoms with Gasteiger partial charge in [-0.2, -0.15) is 0 Å². The van der Waals surface area contributed by atoms with E-state index in [1.54, 1.807) is 37.4 Å². The van der Waals surface area contributed by atoms with Crippen LogP contribution in [0.15, 0.2) is 47.2 Å². The van der Waals surface area contributed by atoms with E-state index in [1.165, 1.54) is 11.3 Å². The van der Waals surface area contributed by atoms with Crippen molar-refractivity contribution >= 4 is 11.8 Å². The van der Waals surface area contributed by atoms with Crippen LogP contribution in [0.2, 0.25) is 0 Å². The average Bonchev–Trinajstić information content (AvgIpc) is 3.34. The number of methoxy groups -OCH3 is 1. The Bertz CT molecular complexity index is 1090. The number of hydrogen-bond acceptors (Lipinski definition) is 7. The molecule has 4 rings (SSSR count). The zero-order chi connectivity index (χ0) is 21.3. The second-order valence-electron chi connectivity index (χ2n) is 6.87. The highest BCUT2D eigenvalue weighted by molar-refractivity contribution is 6.22. The maximum atomic E-state index is 13.3. The van der Waals surface area contributed by atoms with Crippen molar-refractivity contribution in [3.8, 4) is 11.5 Å². The number of rotatable bonds is 7. The van der Waals surface area contributed by atoms with Crippen molar-refractivity contribution in [2.75, 3.05) is 13.7 Å². The van der Waals surface area contributed by atoms with Crippen LogP contribution in [0.25, 0.3) is 0 Å². The lowest BCUT2D eigenvalue weighted by atomic mass is 10.0. The normalized spacial score (nSPS) is 14.0. The zero-order valence-electron chi connectivity index (χ0n) is 16.9. The molecule has 0 aliphatic carbocycles. The quantitative estimate of drug-likeness (QED) is 0.554. The third-order valence-electron chi connectivity index (χ3n) is 5.11. The number of amides is 2. The van der Waals surface area contributed by atoms with Gasteiger partial charge in [-0.25, -0.2) is 0 Å². The zero-order valence-corrected chi connectivity index (χ0v) is 16.9. The fourth-order valence-corrected chi connectivity index (χ4v) is 3.73. The third kappa shape index (κ3) is 3.30. The second kappa shape index (κ2) is 7.98. The number of benzene rings is 2. The van der Waals surface area contributed by atoms with E-state index in [9.17, 15) is 9.59 Å². The first-order valence-electron chi connectivity index (χ1n) is 9.58. The van der Waals surface area contributed by atoms with Crippen LogP contribution in [-0.4, -0.2) is 40.6 Å². The van der Waals surface area contributed by atoms with E-state index in [4.69, 9.17) is 13.9 Å². The number of imide groups is 1. The van der Waals surface area contributed by atoms with Gasteiger partial charge in [-0.3, -0.25) is 14.5 Å². The highest BCUT2D eigenvalue weighted by atomic mass is 16.5. The minimum atomic E-state index is -0.651. The predicted octanol–water partition coefficient (Wildman–Crippen LogP) is 3.37. The topological polar surface area (TPSA) is 94.8 Å². The fourth-order valence-electron chi connectivity index (χ4n) is 3.73. The van der Waals surface area contributed by atoms with Gasteiger partial charge in [0.1, 0.15) is 0 Å². The van der Waals surface area contributed by atoms with Gasteiger partial charge in [0.15, 0.2) is 11.5 Å². The Balaban J connectivity index is 1.80.